The Kier molecular flexibility index (Phi) is 4.76. The number of carbonyl (C=O) groups excluding carboxylic acids is 2. The molecule has 1 atom stereocenters. The van der Waals surface area contributed by atoms with Crippen molar-refractivity contribution in [3.63, 3.8) is 0 Å². The fourth-order valence-corrected chi connectivity index (χ4v) is 2.03. The van der Waals surface area contributed by atoms with Crippen LogP contribution in [0.1, 0.15) is 13.3 Å². The lowest BCUT2D eigenvalue weighted by atomic mass is 10.0. The van der Waals surface area contributed by atoms with Gasteiger partial charge in [0.05, 0.1) is 13.0 Å². The minimum absolute atomic E-state index is 0.123. The summed E-state index contributed by atoms with van der Waals surface area (Å²) in [5, 5.41) is 9.27. The number of urea groups is 1. The third-order valence-electron chi connectivity index (χ3n) is 3.21. The molecule has 0 bridgehead atoms. The minimum atomic E-state index is -0.323. The molecule has 0 radical (unpaired) electrons. The summed E-state index contributed by atoms with van der Waals surface area (Å²) in [4.78, 5) is 23.2. The van der Waals surface area contributed by atoms with Crippen molar-refractivity contribution in [2.75, 3.05) is 19.0 Å². The lowest BCUT2D eigenvalue weighted by molar-refractivity contribution is -0.122. The summed E-state index contributed by atoms with van der Waals surface area (Å²) in [7, 11) is 1.57. The first-order valence-electron chi connectivity index (χ1n) is 6.63. The maximum absolute atomic E-state index is 11.8. The number of hydrogen-bond donors (Lipinski definition) is 3. The minimum Gasteiger partial charge on any atom is -0.497 e. The second-order valence-electron chi connectivity index (χ2n) is 4.68. The van der Waals surface area contributed by atoms with E-state index in [0.29, 0.717) is 24.4 Å². The summed E-state index contributed by atoms with van der Waals surface area (Å²) < 4.78 is 5.08. The molecule has 0 aliphatic carbocycles. The average Bonchev–Trinajstić information content (AvgIpc) is 2.79. The molecule has 3 amide bonds. The zero-order valence-electron chi connectivity index (χ0n) is 12.0. The third-order valence-corrected chi connectivity index (χ3v) is 3.21. The summed E-state index contributed by atoms with van der Waals surface area (Å²) in [6.07, 6.45) is 0.521. The molecule has 7 nitrogen and oxygen atoms in total. The Morgan fingerprint density at radius 3 is 2.95 bits per heavy atom. The molecule has 0 aromatic heterocycles. The van der Waals surface area contributed by atoms with Crippen molar-refractivity contribution >= 4 is 23.3 Å². The Hall–Kier alpha value is -2.57. The van der Waals surface area contributed by atoms with Crippen LogP contribution in [-0.4, -0.2) is 31.3 Å². The van der Waals surface area contributed by atoms with Gasteiger partial charge in [0.2, 0.25) is 5.91 Å². The van der Waals surface area contributed by atoms with E-state index in [2.05, 4.69) is 21.2 Å². The summed E-state index contributed by atoms with van der Waals surface area (Å²) in [6.45, 7) is 2.18. The predicted octanol–water partition coefficient (Wildman–Crippen LogP) is 1.33. The number of hydrazone groups is 1. The van der Waals surface area contributed by atoms with Crippen LogP contribution in [0.3, 0.4) is 0 Å². The molecular weight excluding hydrogens is 272 g/mol. The van der Waals surface area contributed by atoms with Crippen molar-refractivity contribution < 1.29 is 14.3 Å². The highest BCUT2D eigenvalue weighted by molar-refractivity contribution is 6.06. The van der Waals surface area contributed by atoms with Crippen LogP contribution in [0.15, 0.2) is 29.4 Å². The molecule has 0 saturated carbocycles. The van der Waals surface area contributed by atoms with Gasteiger partial charge in [0.25, 0.3) is 0 Å². The van der Waals surface area contributed by atoms with Crippen LogP contribution in [0.25, 0.3) is 0 Å². The normalized spacial score (nSPS) is 17.0. The van der Waals surface area contributed by atoms with Crippen molar-refractivity contribution in [1.82, 2.24) is 10.7 Å². The van der Waals surface area contributed by atoms with E-state index in [-0.39, 0.29) is 17.9 Å². The van der Waals surface area contributed by atoms with Crippen molar-refractivity contribution in [3.05, 3.63) is 24.3 Å². The molecular formula is C14H18N4O3. The van der Waals surface area contributed by atoms with Crippen LogP contribution in [0, 0.1) is 5.92 Å². The monoisotopic (exact) mass is 290 g/mol. The lowest BCUT2D eigenvalue weighted by Crippen LogP contribution is -2.33. The van der Waals surface area contributed by atoms with Crippen molar-refractivity contribution in [3.8, 4) is 5.75 Å². The van der Waals surface area contributed by atoms with E-state index in [1.54, 1.807) is 38.3 Å². The zero-order chi connectivity index (χ0) is 15.2. The van der Waals surface area contributed by atoms with E-state index in [1.165, 1.54) is 0 Å². The maximum atomic E-state index is 11.8. The Morgan fingerprint density at radius 2 is 2.29 bits per heavy atom. The van der Waals surface area contributed by atoms with Crippen molar-refractivity contribution in [1.29, 1.82) is 0 Å². The number of methoxy groups -OCH3 is 1. The Morgan fingerprint density at radius 1 is 1.48 bits per heavy atom. The molecule has 7 heteroatoms. The van der Waals surface area contributed by atoms with Gasteiger partial charge < -0.3 is 15.4 Å². The fourth-order valence-electron chi connectivity index (χ4n) is 2.03. The SMILES string of the molecule is COc1cccc(NC(=O)NCC[C@@H]2C(=O)NN=C2C)c1. The standard InChI is InChI=1S/C14H18N4O3/c1-9-12(13(19)18-17-9)6-7-15-14(20)16-10-4-3-5-11(8-10)21-2/h3-5,8,12H,6-7H2,1-2H3,(H,18,19)(H2,15,16,20)/t12-/m0/s1. The van der Waals surface area contributed by atoms with Gasteiger partial charge in [-0.25, -0.2) is 10.2 Å². The van der Waals surface area contributed by atoms with Gasteiger partial charge in [-0.3, -0.25) is 4.79 Å². The molecule has 0 saturated heterocycles. The summed E-state index contributed by atoms with van der Waals surface area (Å²) in [5.74, 6) is 0.284. The van der Waals surface area contributed by atoms with E-state index < -0.39 is 0 Å². The quantitative estimate of drug-likeness (QED) is 0.764. The molecule has 1 aromatic rings. The van der Waals surface area contributed by atoms with Crippen LogP contribution in [0.4, 0.5) is 10.5 Å². The number of anilines is 1. The number of ether oxygens (including phenoxy) is 1. The van der Waals surface area contributed by atoms with Gasteiger partial charge in [-0.2, -0.15) is 5.10 Å². The van der Waals surface area contributed by atoms with Gasteiger partial charge in [0.1, 0.15) is 5.75 Å². The van der Waals surface area contributed by atoms with Gasteiger partial charge in [-0.05, 0) is 25.5 Å². The third kappa shape index (κ3) is 3.95. The van der Waals surface area contributed by atoms with Gasteiger partial charge in [0.15, 0.2) is 0 Å². The van der Waals surface area contributed by atoms with E-state index in [9.17, 15) is 9.59 Å². The molecule has 1 heterocycles. The van der Waals surface area contributed by atoms with E-state index in [4.69, 9.17) is 4.74 Å². The van der Waals surface area contributed by atoms with Crippen LogP contribution in [0.2, 0.25) is 0 Å². The number of nitrogens with zero attached hydrogens (tertiary/aromatic N) is 1. The number of hydrogen-bond acceptors (Lipinski definition) is 4. The smallest absolute Gasteiger partial charge is 0.319 e. The topological polar surface area (TPSA) is 91.8 Å². The van der Waals surface area contributed by atoms with E-state index in [1.807, 2.05) is 0 Å². The van der Waals surface area contributed by atoms with Crippen LogP contribution in [-0.2, 0) is 4.79 Å². The first-order valence-corrected chi connectivity index (χ1v) is 6.63. The number of carbonyl (C=O) groups is 2. The number of nitrogens with one attached hydrogen (secondary N) is 3. The van der Waals surface area contributed by atoms with Crippen LogP contribution >= 0.6 is 0 Å². The summed E-state index contributed by atoms with van der Waals surface area (Å²) >= 11 is 0. The number of rotatable bonds is 5. The maximum Gasteiger partial charge on any atom is 0.319 e. The molecule has 1 aliphatic heterocycles. The fraction of sp³-hybridized carbons (Fsp3) is 0.357. The first kappa shape index (κ1) is 14.8. The second kappa shape index (κ2) is 6.74. The molecule has 1 aliphatic rings. The largest absolute Gasteiger partial charge is 0.497 e. The molecule has 112 valence electrons. The van der Waals surface area contributed by atoms with Crippen LogP contribution < -0.4 is 20.8 Å². The molecule has 3 N–H and O–H groups in total. The molecule has 1 aromatic carbocycles. The first-order chi connectivity index (χ1) is 10.1. The number of benzene rings is 1. The van der Waals surface area contributed by atoms with Crippen molar-refractivity contribution in [2.45, 2.75) is 13.3 Å². The van der Waals surface area contributed by atoms with Crippen LogP contribution in [0.5, 0.6) is 5.75 Å². The van der Waals surface area contributed by atoms with Gasteiger partial charge >= 0.3 is 6.03 Å². The second-order valence-corrected chi connectivity index (χ2v) is 4.68. The molecule has 0 spiro atoms. The highest BCUT2D eigenvalue weighted by Crippen LogP contribution is 2.16. The summed E-state index contributed by atoms with van der Waals surface area (Å²) in [6, 6.07) is 6.75. The Balaban J connectivity index is 1.77. The van der Waals surface area contributed by atoms with Gasteiger partial charge in [-0.1, -0.05) is 6.07 Å². The average molecular weight is 290 g/mol. The molecule has 0 fully saturated rings. The Bertz CT molecular complexity index is 571. The highest BCUT2D eigenvalue weighted by Gasteiger charge is 2.26. The molecule has 21 heavy (non-hydrogen) atoms. The predicted molar refractivity (Wildman–Crippen MR) is 79.4 cm³/mol. The van der Waals surface area contributed by atoms with E-state index >= 15 is 0 Å². The zero-order valence-corrected chi connectivity index (χ0v) is 12.0. The van der Waals surface area contributed by atoms with Gasteiger partial charge in [-0.15, -0.1) is 0 Å². The van der Waals surface area contributed by atoms with Gasteiger partial charge in [0, 0.05) is 24.0 Å². The van der Waals surface area contributed by atoms with E-state index in [0.717, 1.165) is 5.71 Å². The highest BCUT2D eigenvalue weighted by atomic mass is 16.5. The summed E-state index contributed by atoms with van der Waals surface area (Å²) in [5.41, 5.74) is 3.80. The number of amides is 3. The molecule has 0 unspecified atom stereocenters. The Labute approximate surface area is 122 Å². The van der Waals surface area contributed by atoms with Crippen molar-refractivity contribution in [2.24, 2.45) is 11.0 Å². The lowest BCUT2D eigenvalue weighted by Gasteiger charge is -2.10. The molecule has 2 rings (SSSR count).